The van der Waals surface area contributed by atoms with Gasteiger partial charge in [0.25, 0.3) is 0 Å². The Bertz CT molecular complexity index is 734. The molecule has 8 heteroatoms. The second-order valence-corrected chi connectivity index (χ2v) is 11.8. The Kier molecular flexibility index (Phi) is 9.70. The third-order valence-electron chi connectivity index (χ3n) is 7.48. The molecule has 1 amide bonds. The Balaban J connectivity index is 2.18. The summed E-state index contributed by atoms with van der Waals surface area (Å²) in [4.78, 5) is 42.8. The highest BCUT2D eigenvalue weighted by Gasteiger charge is 2.44. The molecule has 0 aromatic carbocycles. The Labute approximate surface area is 206 Å². The number of rotatable bonds is 5. The van der Waals surface area contributed by atoms with Crippen LogP contribution in [0.2, 0.25) is 0 Å². The van der Waals surface area contributed by atoms with E-state index in [9.17, 15) is 14.4 Å². The zero-order valence-electron chi connectivity index (χ0n) is 22.8. The number of hydrogen-bond donors (Lipinski definition) is 1. The fourth-order valence-corrected chi connectivity index (χ4v) is 5.65. The molecule has 4 atom stereocenters. The lowest BCUT2D eigenvalue weighted by Gasteiger charge is -2.46. The number of ketones is 1. The highest BCUT2D eigenvalue weighted by molar-refractivity contribution is 6.03. The summed E-state index contributed by atoms with van der Waals surface area (Å²) < 4.78 is 11.7. The molecule has 2 aliphatic heterocycles. The summed E-state index contributed by atoms with van der Waals surface area (Å²) in [5.74, 6) is -0.243. The lowest BCUT2D eigenvalue weighted by atomic mass is 9.76. The monoisotopic (exact) mass is 481 g/mol. The van der Waals surface area contributed by atoms with E-state index in [1.807, 2.05) is 20.8 Å². The van der Waals surface area contributed by atoms with E-state index >= 15 is 0 Å². The number of methoxy groups -OCH3 is 1. The molecule has 2 aliphatic rings. The normalized spacial score (nSPS) is 32.8. The molecule has 34 heavy (non-hydrogen) atoms. The topological polar surface area (TPSA) is 88.2 Å². The Morgan fingerprint density at radius 1 is 1.15 bits per heavy atom. The maximum Gasteiger partial charge on any atom is 0.319 e. The average Bonchev–Trinajstić information content (AvgIpc) is 2.69. The van der Waals surface area contributed by atoms with E-state index in [-0.39, 0.29) is 42.2 Å². The molecular formula is C26H47N3O5. The molecule has 0 aromatic rings. The molecule has 0 unspecified atom stereocenters. The van der Waals surface area contributed by atoms with E-state index < -0.39 is 17.0 Å². The van der Waals surface area contributed by atoms with Gasteiger partial charge in [-0.3, -0.25) is 24.2 Å². The number of amides is 1. The number of nitrogens with one attached hydrogen (secondary N) is 1. The van der Waals surface area contributed by atoms with Gasteiger partial charge < -0.3 is 14.8 Å². The largest absolute Gasteiger partial charge is 0.463 e. The van der Waals surface area contributed by atoms with Crippen LogP contribution in [0.15, 0.2) is 0 Å². The van der Waals surface area contributed by atoms with Crippen LogP contribution in [0.4, 0.5) is 0 Å². The number of cyclic esters (lactones) is 1. The van der Waals surface area contributed by atoms with Crippen molar-refractivity contribution in [3.05, 3.63) is 0 Å². The number of hydrogen-bond acceptors (Lipinski definition) is 7. The molecule has 0 spiro atoms. The van der Waals surface area contributed by atoms with Gasteiger partial charge in [-0.2, -0.15) is 0 Å². The zero-order valence-corrected chi connectivity index (χ0v) is 22.8. The molecule has 0 aliphatic carbocycles. The van der Waals surface area contributed by atoms with Crippen LogP contribution in [0, 0.1) is 23.2 Å². The van der Waals surface area contributed by atoms with Crippen molar-refractivity contribution in [3.8, 4) is 0 Å². The first-order valence-electron chi connectivity index (χ1n) is 12.7. The minimum atomic E-state index is -1.21. The third-order valence-corrected chi connectivity index (χ3v) is 7.48. The highest BCUT2D eigenvalue weighted by Crippen LogP contribution is 2.34. The van der Waals surface area contributed by atoms with Crippen LogP contribution in [-0.2, 0) is 23.9 Å². The van der Waals surface area contributed by atoms with Crippen LogP contribution in [-0.4, -0.2) is 92.1 Å². The van der Waals surface area contributed by atoms with Crippen molar-refractivity contribution < 1.29 is 23.9 Å². The predicted molar refractivity (Wildman–Crippen MR) is 132 cm³/mol. The number of Topliss-reactive ketones (excluding diaryl/α,β-unsaturated/α-hetero) is 1. The maximum atomic E-state index is 13.2. The number of ether oxygens (including phenoxy) is 2. The van der Waals surface area contributed by atoms with Gasteiger partial charge >= 0.3 is 5.97 Å². The molecule has 2 rings (SSSR count). The van der Waals surface area contributed by atoms with Gasteiger partial charge in [-0.15, -0.1) is 0 Å². The van der Waals surface area contributed by atoms with E-state index in [0.717, 1.165) is 26.1 Å². The first-order chi connectivity index (χ1) is 15.7. The minimum absolute atomic E-state index is 0.0219. The van der Waals surface area contributed by atoms with Crippen LogP contribution in [0.25, 0.3) is 0 Å². The Hall–Kier alpha value is -1.51. The van der Waals surface area contributed by atoms with Crippen molar-refractivity contribution in [2.45, 2.75) is 79.0 Å². The summed E-state index contributed by atoms with van der Waals surface area (Å²) in [6.07, 6.45) is 1.38. The Morgan fingerprint density at radius 2 is 1.76 bits per heavy atom. The van der Waals surface area contributed by atoms with E-state index in [1.54, 1.807) is 21.0 Å². The van der Waals surface area contributed by atoms with Gasteiger partial charge in [-0.25, -0.2) is 0 Å². The van der Waals surface area contributed by atoms with Crippen molar-refractivity contribution >= 4 is 17.7 Å². The molecule has 0 saturated carbocycles. The molecule has 0 radical (unpaired) electrons. The first kappa shape index (κ1) is 28.7. The van der Waals surface area contributed by atoms with E-state index in [0.29, 0.717) is 18.9 Å². The number of carbonyl (C=O) groups is 3. The van der Waals surface area contributed by atoms with Crippen LogP contribution < -0.4 is 5.32 Å². The average molecular weight is 482 g/mol. The standard InChI is InChI=1S/C26H47N3O5/c1-17(2)27-22(30)15-29-13-20(14-29)21-16-34-24(32)25(5,6)23(31)19(4)11-26(7,33-9)10-18(3)12-28(21)8/h17-21H,10-16H2,1-9H3,(H,27,30)/t18-,19-,21+,26-/m1/s1. The smallest absolute Gasteiger partial charge is 0.319 e. The van der Waals surface area contributed by atoms with Crippen molar-refractivity contribution in [1.29, 1.82) is 0 Å². The lowest BCUT2D eigenvalue weighted by Crippen LogP contribution is -2.60. The van der Waals surface area contributed by atoms with Crippen molar-refractivity contribution in [1.82, 2.24) is 15.1 Å². The summed E-state index contributed by atoms with van der Waals surface area (Å²) in [5, 5.41) is 2.93. The van der Waals surface area contributed by atoms with Gasteiger partial charge in [0.15, 0.2) is 5.78 Å². The molecule has 8 nitrogen and oxygen atoms in total. The highest BCUT2D eigenvalue weighted by atomic mass is 16.5. The minimum Gasteiger partial charge on any atom is -0.463 e. The van der Waals surface area contributed by atoms with Gasteiger partial charge in [0.2, 0.25) is 5.91 Å². The summed E-state index contributed by atoms with van der Waals surface area (Å²) in [6.45, 7) is 16.4. The quantitative estimate of drug-likeness (QED) is 0.476. The van der Waals surface area contributed by atoms with E-state index in [4.69, 9.17) is 9.47 Å². The molecule has 2 heterocycles. The maximum absolute atomic E-state index is 13.2. The van der Waals surface area contributed by atoms with Gasteiger partial charge in [0.1, 0.15) is 12.0 Å². The molecule has 196 valence electrons. The number of esters is 1. The third kappa shape index (κ3) is 7.25. The molecular weight excluding hydrogens is 434 g/mol. The van der Waals surface area contributed by atoms with E-state index in [1.165, 1.54) is 0 Å². The number of carbonyl (C=O) groups excluding carboxylic acids is 3. The first-order valence-corrected chi connectivity index (χ1v) is 12.7. The van der Waals surface area contributed by atoms with Gasteiger partial charge in [-0.1, -0.05) is 13.8 Å². The second kappa shape index (κ2) is 11.5. The summed E-state index contributed by atoms with van der Waals surface area (Å²) in [7, 11) is 3.78. The van der Waals surface area contributed by atoms with Crippen molar-refractivity contribution in [3.63, 3.8) is 0 Å². The number of likely N-dealkylation sites (tertiary alicyclic amines) is 1. The van der Waals surface area contributed by atoms with Gasteiger partial charge in [0.05, 0.1) is 12.1 Å². The van der Waals surface area contributed by atoms with Gasteiger partial charge in [0, 0.05) is 50.7 Å². The molecule has 0 aromatic heterocycles. The molecule has 1 N–H and O–H groups in total. The summed E-state index contributed by atoms with van der Waals surface area (Å²) >= 11 is 0. The Morgan fingerprint density at radius 3 is 2.32 bits per heavy atom. The van der Waals surface area contributed by atoms with Crippen LogP contribution in [0.5, 0.6) is 0 Å². The van der Waals surface area contributed by atoms with Crippen LogP contribution in [0.1, 0.15) is 61.3 Å². The number of nitrogens with zero attached hydrogens (tertiary/aromatic N) is 2. The zero-order chi connectivity index (χ0) is 25.8. The fourth-order valence-electron chi connectivity index (χ4n) is 5.65. The molecule has 2 fully saturated rings. The summed E-state index contributed by atoms with van der Waals surface area (Å²) in [6, 6.07) is 0.146. The predicted octanol–water partition coefficient (Wildman–Crippen LogP) is 2.35. The SMILES string of the molecule is CO[C@]1(C)C[C@@H](C)CN(C)[C@H](C2CN(CC(=O)NC(C)C)C2)COC(=O)C(C)(C)C(=O)[C@H](C)C1. The van der Waals surface area contributed by atoms with E-state index in [2.05, 4.69) is 36.0 Å². The van der Waals surface area contributed by atoms with Gasteiger partial charge in [-0.05, 0) is 60.4 Å². The van der Waals surface area contributed by atoms with Crippen molar-refractivity contribution in [2.24, 2.45) is 23.2 Å². The van der Waals surface area contributed by atoms with Crippen LogP contribution >= 0.6 is 0 Å². The second-order valence-electron chi connectivity index (χ2n) is 11.8. The summed E-state index contributed by atoms with van der Waals surface area (Å²) in [5.41, 5.74) is -1.66. The molecule has 2 saturated heterocycles. The number of likely N-dealkylation sites (N-methyl/N-ethyl adjacent to an activating group) is 1. The fraction of sp³-hybridized carbons (Fsp3) is 0.885. The van der Waals surface area contributed by atoms with Crippen molar-refractivity contribution in [2.75, 3.05) is 46.9 Å². The van der Waals surface area contributed by atoms with Crippen LogP contribution in [0.3, 0.4) is 0 Å². The molecule has 0 bridgehead atoms. The lowest BCUT2D eigenvalue weighted by molar-refractivity contribution is -0.162.